The van der Waals surface area contributed by atoms with Crippen molar-refractivity contribution in [1.82, 2.24) is 0 Å². The summed E-state index contributed by atoms with van der Waals surface area (Å²) in [6.45, 7) is 12.1. The fraction of sp³-hybridized carbons (Fsp3) is 0.214. The third-order valence-corrected chi connectivity index (χ3v) is 5.06. The van der Waals surface area contributed by atoms with Crippen molar-refractivity contribution in [2.45, 2.75) is 40.3 Å². The highest BCUT2D eigenvalue weighted by molar-refractivity contribution is 6.05. The molecular weight excluding hydrogens is 528 g/mol. The van der Waals surface area contributed by atoms with Crippen LogP contribution in [0.4, 0.5) is 0 Å². The van der Waals surface area contributed by atoms with E-state index in [9.17, 15) is 39.0 Å². The van der Waals surface area contributed by atoms with Gasteiger partial charge in [0.1, 0.15) is 0 Å². The predicted octanol–water partition coefficient (Wildman–Crippen LogP) is 3.99. The molecule has 2 N–H and O–H groups in total. The second kappa shape index (κ2) is 13.0. The Labute approximate surface area is 228 Å². The van der Waals surface area contributed by atoms with E-state index < -0.39 is 59.5 Å². The van der Waals surface area contributed by atoms with E-state index >= 15 is 0 Å². The fourth-order valence-corrected chi connectivity index (χ4v) is 3.14. The molecule has 2 rings (SSSR count). The lowest BCUT2D eigenvalue weighted by molar-refractivity contribution is -0.161. The highest BCUT2D eigenvalue weighted by Gasteiger charge is 2.25. The van der Waals surface area contributed by atoms with E-state index in [1.165, 1.54) is 39.8 Å². The molecule has 2 aromatic rings. The number of esters is 4. The molecule has 0 bridgehead atoms. The molecule has 0 radical (unpaired) electrons. The largest absolute Gasteiger partial charge is 0.478 e. The zero-order chi connectivity index (χ0) is 30.3. The number of benzene rings is 2. The molecule has 2 atom stereocenters. The number of hydrogen-bond donors (Lipinski definition) is 2. The molecule has 2 aromatic carbocycles. The average molecular weight is 555 g/mol. The molecule has 0 amide bonds. The molecule has 0 aliphatic rings. The van der Waals surface area contributed by atoms with Crippen molar-refractivity contribution in [3.63, 3.8) is 0 Å². The topological polar surface area (TPSA) is 180 Å². The van der Waals surface area contributed by atoms with Gasteiger partial charge in [0, 0.05) is 25.0 Å². The summed E-state index contributed by atoms with van der Waals surface area (Å²) in [5, 5.41) is 19.4. The molecule has 0 saturated heterocycles. The molecule has 0 spiro atoms. The number of hydrogen-bond acceptors (Lipinski definition) is 10. The highest BCUT2D eigenvalue weighted by atomic mass is 16.7. The normalized spacial score (nSPS) is 11.8. The van der Waals surface area contributed by atoms with Gasteiger partial charge in [-0.05, 0) is 49.2 Å². The molecule has 0 aliphatic heterocycles. The molecule has 2 unspecified atom stereocenters. The minimum absolute atomic E-state index is 0.0687. The van der Waals surface area contributed by atoms with Gasteiger partial charge in [0.05, 0.1) is 22.3 Å². The van der Waals surface area contributed by atoms with Gasteiger partial charge >= 0.3 is 35.8 Å². The summed E-state index contributed by atoms with van der Waals surface area (Å²) >= 11 is 0. The Bertz CT molecular complexity index is 1310. The first-order valence-corrected chi connectivity index (χ1v) is 11.5. The van der Waals surface area contributed by atoms with Crippen LogP contribution in [0.2, 0.25) is 0 Å². The molecule has 0 saturated carbocycles. The number of ether oxygens (including phenoxy) is 4. The van der Waals surface area contributed by atoms with Crippen LogP contribution in [0.15, 0.2) is 60.7 Å². The smallest absolute Gasteiger partial charge is 0.342 e. The van der Waals surface area contributed by atoms with Gasteiger partial charge in [-0.25, -0.2) is 28.8 Å². The van der Waals surface area contributed by atoms with E-state index in [2.05, 4.69) is 13.2 Å². The Morgan fingerprint density at radius 2 is 0.925 bits per heavy atom. The molecule has 40 heavy (non-hydrogen) atoms. The Morgan fingerprint density at radius 3 is 1.20 bits per heavy atom. The molecule has 0 heterocycles. The minimum atomic E-state index is -1.49. The van der Waals surface area contributed by atoms with Crippen molar-refractivity contribution in [3.8, 4) is 11.1 Å². The van der Waals surface area contributed by atoms with Gasteiger partial charge in [0.2, 0.25) is 12.6 Å². The van der Waals surface area contributed by atoms with Gasteiger partial charge in [0.25, 0.3) is 0 Å². The Hall–Kier alpha value is -5.26. The zero-order valence-corrected chi connectivity index (χ0v) is 22.0. The van der Waals surface area contributed by atoms with Gasteiger partial charge in [-0.3, -0.25) is 0 Å². The van der Waals surface area contributed by atoms with Crippen LogP contribution in [0.1, 0.15) is 69.1 Å². The van der Waals surface area contributed by atoms with E-state index in [1.807, 2.05) is 0 Å². The average Bonchev–Trinajstić information content (AvgIpc) is 2.87. The second-order valence-corrected chi connectivity index (χ2v) is 8.45. The molecular formula is C28H26O12. The first-order chi connectivity index (χ1) is 18.6. The van der Waals surface area contributed by atoms with Crippen LogP contribution in [-0.4, -0.2) is 58.6 Å². The maximum atomic E-state index is 12.6. The number of rotatable bonds is 11. The zero-order valence-electron chi connectivity index (χ0n) is 22.0. The van der Waals surface area contributed by atoms with Crippen LogP contribution < -0.4 is 0 Å². The highest BCUT2D eigenvalue weighted by Crippen LogP contribution is 2.27. The first kappa shape index (κ1) is 31.0. The van der Waals surface area contributed by atoms with Gasteiger partial charge in [-0.15, -0.1) is 0 Å². The number of carbonyl (C=O) groups is 6. The van der Waals surface area contributed by atoms with E-state index in [0.29, 0.717) is 0 Å². The Kier molecular flexibility index (Phi) is 10.1. The lowest BCUT2D eigenvalue weighted by atomic mass is 9.96. The molecule has 0 fully saturated rings. The summed E-state index contributed by atoms with van der Waals surface area (Å²) in [4.78, 5) is 72.2. The Balaban J connectivity index is 2.36. The van der Waals surface area contributed by atoms with E-state index in [4.69, 9.17) is 18.9 Å². The third-order valence-electron chi connectivity index (χ3n) is 5.06. The van der Waals surface area contributed by atoms with E-state index in [0.717, 1.165) is 24.3 Å². The van der Waals surface area contributed by atoms with Crippen molar-refractivity contribution >= 4 is 35.8 Å². The van der Waals surface area contributed by atoms with Gasteiger partial charge in [0.15, 0.2) is 0 Å². The van der Waals surface area contributed by atoms with Crippen LogP contribution in [0, 0.1) is 0 Å². The van der Waals surface area contributed by atoms with Crippen molar-refractivity contribution in [1.29, 1.82) is 0 Å². The summed E-state index contributed by atoms with van der Waals surface area (Å²) in [5.74, 6) is -6.76. The van der Waals surface area contributed by atoms with Crippen LogP contribution in [0.3, 0.4) is 0 Å². The van der Waals surface area contributed by atoms with Crippen LogP contribution in [0.5, 0.6) is 0 Å². The first-order valence-electron chi connectivity index (χ1n) is 11.5. The number of carboxylic acid groups (broad SMARTS) is 2. The van der Waals surface area contributed by atoms with E-state index in [1.54, 1.807) is 0 Å². The van der Waals surface area contributed by atoms with Crippen molar-refractivity contribution in [2.75, 3.05) is 0 Å². The van der Waals surface area contributed by atoms with Crippen LogP contribution in [0.25, 0.3) is 11.1 Å². The molecule has 0 aromatic heterocycles. The molecule has 0 aliphatic carbocycles. The maximum absolute atomic E-state index is 12.6. The number of carboxylic acids is 2. The Morgan fingerprint density at radius 1 is 0.600 bits per heavy atom. The molecule has 12 nitrogen and oxygen atoms in total. The van der Waals surface area contributed by atoms with Crippen LogP contribution >= 0.6 is 0 Å². The summed E-state index contributed by atoms with van der Waals surface area (Å²) in [5.41, 5.74) is -1.14. The minimum Gasteiger partial charge on any atom is -0.478 e. The number of carbonyl (C=O) groups excluding carboxylic acids is 4. The van der Waals surface area contributed by atoms with Crippen molar-refractivity contribution in [2.24, 2.45) is 0 Å². The summed E-state index contributed by atoms with van der Waals surface area (Å²) < 4.78 is 19.7. The molecule has 12 heteroatoms. The molecule has 210 valence electrons. The lowest BCUT2D eigenvalue weighted by Crippen LogP contribution is -2.23. The second-order valence-electron chi connectivity index (χ2n) is 8.45. The maximum Gasteiger partial charge on any atom is 0.342 e. The quantitative estimate of drug-likeness (QED) is 0.232. The van der Waals surface area contributed by atoms with Gasteiger partial charge < -0.3 is 29.2 Å². The van der Waals surface area contributed by atoms with Gasteiger partial charge in [-0.2, -0.15) is 0 Å². The predicted molar refractivity (Wildman–Crippen MR) is 137 cm³/mol. The third kappa shape index (κ3) is 7.87. The number of aromatic carboxylic acids is 2. The summed E-state index contributed by atoms with van der Waals surface area (Å²) in [6.07, 6.45) is -2.68. The van der Waals surface area contributed by atoms with Gasteiger partial charge in [-0.1, -0.05) is 25.3 Å². The van der Waals surface area contributed by atoms with Crippen molar-refractivity contribution in [3.05, 3.63) is 83.0 Å². The standard InChI is InChI=1S/C28H26O12/c1-13(2)25(33)37-15(5)39-27(35)19-9-7-17(11-21(19)23(29)30)18-8-10-20(22(12-18)24(31)32)28(36)40-16(6)38-26(34)14(3)4/h7-12,15-16H,1,3H2,2,4-6H3,(H,29,30)(H,31,32). The van der Waals surface area contributed by atoms with Crippen molar-refractivity contribution < 1.29 is 57.9 Å². The van der Waals surface area contributed by atoms with E-state index in [-0.39, 0.29) is 33.4 Å². The lowest BCUT2D eigenvalue weighted by Gasteiger charge is -2.16. The monoisotopic (exact) mass is 554 g/mol. The summed E-state index contributed by atoms with van der Waals surface area (Å²) in [7, 11) is 0. The summed E-state index contributed by atoms with van der Waals surface area (Å²) in [6, 6.07) is 7.20. The van der Waals surface area contributed by atoms with Crippen LogP contribution in [-0.2, 0) is 28.5 Å². The fourth-order valence-electron chi connectivity index (χ4n) is 3.14. The SMILES string of the molecule is C=C(C)C(=O)OC(C)OC(=O)c1ccc(-c2ccc(C(=O)OC(C)OC(=O)C(=C)C)c(C(=O)O)c2)cc1C(=O)O.